The maximum atomic E-state index is 12.4. The van der Waals surface area contributed by atoms with Crippen molar-refractivity contribution in [3.63, 3.8) is 0 Å². The van der Waals surface area contributed by atoms with Gasteiger partial charge in [0, 0.05) is 5.69 Å². The lowest BCUT2D eigenvalue weighted by molar-refractivity contribution is -0.144. The molecule has 0 radical (unpaired) electrons. The topological polar surface area (TPSA) is 12.0 Å². The van der Waals surface area contributed by atoms with Crippen molar-refractivity contribution in [2.24, 2.45) is 0 Å². The smallest absolute Gasteiger partial charge is 0.374 e. The number of aryl methyl sites for hydroxylation is 1. The van der Waals surface area contributed by atoms with E-state index >= 15 is 0 Å². The number of nitrogens with one attached hydrogen (secondary N) is 1. The van der Waals surface area contributed by atoms with Crippen molar-refractivity contribution in [3.05, 3.63) is 29.8 Å². The van der Waals surface area contributed by atoms with E-state index in [-0.39, 0.29) is 6.42 Å². The summed E-state index contributed by atoms with van der Waals surface area (Å²) in [4.78, 5) is 0. The van der Waals surface area contributed by atoms with Gasteiger partial charge in [-0.25, -0.2) is 0 Å². The first kappa shape index (κ1) is 9.37. The van der Waals surface area contributed by atoms with Gasteiger partial charge in [-0.2, -0.15) is 13.2 Å². The van der Waals surface area contributed by atoms with E-state index in [9.17, 15) is 13.2 Å². The van der Waals surface area contributed by atoms with Crippen molar-refractivity contribution in [1.29, 1.82) is 0 Å². The largest absolute Gasteiger partial charge is 0.408 e. The van der Waals surface area contributed by atoms with E-state index in [1.54, 1.807) is 12.1 Å². The number of fused-ring (bicyclic) bond motifs is 1. The second-order valence-corrected chi connectivity index (χ2v) is 3.43. The molecule has 1 atom stereocenters. The molecule has 1 aliphatic heterocycles. The van der Waals surface area contributed by atoms with Gasteiger partial charge in [0.2, 0.25) is 0 Å². The summed E-state index contributed by atoms with van der Waals surface area (Å²) in [5.41, 5.74) is 1.58. The number of halogens is 3. The average molecular weight is 201 g/mol. The number of rotatable bonds is 0. The lowest BCUT2D eigenvalue weighted by Gasteiger charge is -2.28. The summed E-state index contributed by atoms with van der Waals surface area (Å²) in [5, 5.41) is 2.51. The number of alkyl halides is 3. The van der Waals surface area contributed by atoms with Crippen LogP contribution < -0.4 is 5.32 Å². The maximum absolute atomic E-state index is 12.4. The summed E-state index contributed by atoms with van der Waals surface area (Å²) in [6.07, 6.45) is -3.53. The zero-order valence-electron chi connectivity index (χ0n) is 7.43. The van der Waals surface area contributed by atoms with Crippen molar-refractivity contribution >= 4 is 5.69 Å². The minimum Gasteiger partial charge on any atom is -0.374 e. The fraction of sp³-hybridized carbons (Fsp3) is 0.400. The van der Waals surface area contributed by atoms with Crippen molar-refractivity contribution in [2.75, 3.05) is 5.32 Å². The van der Waals surface area contributed by atoms with E-state index in [2.05, 4.69) is 5.32 Å². The summed E-state index contributed by atoms with van der Waals surface area (Å²) < 4.78 is 37.1. The van der Waals surface area contributed by atoms with Gasteiger partial charge in [-0.1, -0.05) is 18.2 Å². The molecular formula is C10H10F3N. The Morgan fingerprint density at radius 3 is 2.64 bits per heavy atom. The van der Waals surface area contributed by atoms with Crippen molar-refractivity contribution in [3.8, 4) is 0 Å². The lowest BCUT2D eigenvalue weighted by atomic mass is 9.98. The number of para-hydroxylation sites is 1. The first-order valence-corrected chi connectivity index (χ1v) is 4.48. The van der Waals surface area contributed by atoms with Crippen LogP contribution in [0.25, 0.3) is 0 Å². The second-order valence-electron chi connectivity index (χ2n) is 3.43. The number of anilines is 1. The van der Waals surface area contributed by atoms with Gasteiger partial charge in [0.25, 0.3) is 0 Å². The molecule has 14 heavy (non-hydrogen) atoms. The molecule has 0 spiro atoms. The molecule has 0 aromatic heterocycles. The van der Waals surface area contributed by atoms with Gasteiger partial charge in [-0.3, -0.25) is 0 Å². The fourth-order valence-corrected chi connectivity index (χ4v) is 1.68. The summed E-state index contributed by atoms with van der Waals surface area (Å²) in [6, 6.07) is 5.73. The number of benzene rings is 1. The predicted octanol–water partition coefficient (Wildman–Crippen LogP) is 2.98. The molecule has 0 fully saturated rings. The molecule has 1 nitrogen and oxygen atoms in total. The highest BCUT2D eigenvalue weighted by atomic mass is 19.4. The Hall–Kier alpha value is -1.19. The van der Waals surface area contributed by atoms with E-state index in [0.29, 0.717) is 12.1 Å². The van der Waals surface area contributed by atoms with Gasteiger partial charge >= 0.3 is 6.18 Å². The average Bonchev–Trinajstić information content (AvgIpc) is 2.16. The van der Waals surface area contributed by atoms with E-state index in [0.717, 1.165) is 5.56 Å². The molecule has 76 valence electrons. The minimum absolute atomic E-state index is 0.126. The number of hydrogen-bond donors (Lipinski definition) is 1. The molecule has 0 saturated heterocycles. The van der Waals surface area contributed by atoms with E-state index in [4.69, 9.17) is 0 Å². The van der Waals surface area contributed by atoms with Crippen molar-refractivity contribution in [2.45, 2.75) is 25.1 Å². The summed E-state index contributed by atoms with van der Waals surface area (Å²) in [6.45, 7) is 0. The highest BCUT2D eigenvalue weighted by Crippen LogP contribution is 2.32. The normalized spacial score (nSPS) is 21.2. The minimum atomic E-state index is -4.15. The number of hydrogen-bond acceptors (Lipinski definition) is 1. The van der Waals surface area contributed by atoms with Crippen LogP contribution in [-0.2, 0) is 6.42 Å². The van der Waals surface area contributed by atoms with Crippen LogP contribution in [-0.4, -0.2) is 12.2 Å². The SMILES string of the molecule is FC(F)(F)[C@@H]1CCc2ccccc2N1. The Kier molecular flexibility index (Phi) is 2.13. The zero-order chi connectivity index (χ0) is 10.2. The Bertz CT molecular complexity index is 332. The molecule has 0 saturated carbocycles. The highest BCUT2D eigenvalue weighted by Gasteiger charge is 2.40. The molecular weight excluding hydrogens is 191 g/mol. The fourth-order valence-electron chi connectivity index (χ4n) is 1.68. The molecule has 0 aliphatic carbocycles. The van der Waals surface area contributed by atoms with E-state index in [1.165, 1.54) is 0 Å². The van der Waals surface area contributed by atoms with E-state index < -0.39 is 12.2 Å². The summed E-state index contributed by atoms with van der Waals surface area (Å²) >= 11 is 0. The molecule has 4 heteroatoms. The Balaban J connectivity index is 2.22. The Morgan fingerprint density at radius 2 is 1.93 bits per heavy atom. The van der Waals surface area contributed by atoms with Gasteiger partial charge in [0.1, 0.15) is 6.04 Å². The van der Waals surface area contributed by atoms with Crippen LogP contribution in [0.15, 0.2) is 24.3 Å². The summed E-state index contributed by atoms with van der Waals surface area (Å²) in [7, 11) is 0. The molecule has 0 bridgehead atoms. The molecule has 2 rings (SSSR count). The third-order valence-electron chi connectivity index (χ3n) is 2.44. The van der Waals surface area contributed by atoms with Crippen LogP contribution in [0, 0.1) is 0 Å². The zero-order valence-corrected chi connectivity index (χ0v) is 7.43. The first-order valence-electron chi connectivity index (χ1n) is 4.48. The summed E-state index contributed by atoms with van der Waals surface area (Å²) in [5.74, 6) is 0. The third-order valence-corrected chi connectivity index (χ3v) is 2.44. The van der Waals surface area contributed by atoms with Crippen molar-refractivity contribution < 1.29 is 13.2 Å². The maximum Gasteiger partial charge on any atom is 0.408 e. The van der Waals surface area contributed by atoms with Gasteiger partial charge in [-0.05, 0) is 24.5 Å². The lowest BCUT2D eigenvalue weighted by Crippen LogP contribution is -2.39. The van der Waals surface area contributed by atoms with Crippen molar-refractivity contribution in [1.82, 2.24) is 0 Å². The van der Waals surface area contributed by atoms with Gasteiger partial charge in [0.15, 0.2) is 0 Å². The van der Waals surface area contributed by atoms with Gasteiger partial charge < -0.3 is 5.32 Å². The molecule has 0 amide bonds. The highest BCUT2D eigenvalue weighted by molar-refractivity contribution is 5.53. The molecule has 0 unspecified atom stereocenters. The molecule has 1 aliphatic rings. The molecule has 1 aromatic rings. The van der Waals surface area contributed by atoms with Crippen LogP contribution >= 0.6 is 0 Å². The van der Waals surface area contributed by atoms with E-state index in [1.807, 2.05) is 12.1 Å². The van der Waals surface area contributed by atoms with Crippen LogP contribution in [0.3, 0.4) is 0 Å². The first-order chi connectivity index (χ1) is 6.57. The second kappa shape index (κ2) is 3.19. The third kappa shape index (κ3) is 1.69. The van der Waals surface area contributed by atoms with Gasteiger partial charge in [0.05, 0.1) is 0 Å². The molecule has 1 aromatic carbocycles. The molecule has 1 heterocycles. The predicted molar refractivity (Wildman–Crippen MR) is 48.2 cm³/mol. The molecule has 1 N–H and O–H groups in total. The van der Waals surface area contributed by atoms with Crippen LogP contribution in [0.5, 0.6) is 0 Å². The standard InChI is InChI=1S/C10H10F3N/c11-10(12,13)9-6-5-7-3-1-2-4-8(7)14-9/h1-4,9,14H,5-6H2/t9-/m0/s1. The van der Waals surface area contributed by atoms with Crippen LogP contribution in [0.4, 0.5) is 18.9 Å². The van der Waals surface area contributed by atoms with Crippen LogP contribution in [0.2, 0.25) is 0 Å². The Labute approximate surface area is 79.9 Å². The Morgan fingerprint density at radius 1 is 1.21 bits per heavy atom. The monoisotopic (exact) mass is 201 g/mol. The quantitative estimate of drug-likeness (QED) is 0.680. The van der Waals surface area contributed by atoms with Gasteiger partial charge in [-0.15, -0.1) is 0 Å². The van der Waals surface area contributed by atoms with Crippen LogP contribution in [0.1, 0.15) is 12.0 Å².